The van der Waals surface area contributed by atoms with E-state index in [0.717, 1.165) is 6.08 Å². The van der Waals surface area contributed by atoms with E-state index < -0.39 is 41.8 Å². The van der Waals surface area contributed by atoms with Crippen LogP contribution in [0.1, 0.15) is 24.6 Å². The summed E-state index contributed by atoms with van der Waals surface area (Å²) in [7, 11) is 0. The highest BCUT2D eigenvalue weighted by atomic mass is 19.3. The molecule has 0 radical (unpaired) electrons. The highest BCUT2D eigenvalue weighted by molar-refractivity contribution is 5.69. The number of nitrogens with zero attached hydrogens (tertiary/aromatic N) is 1. The number of H-pyrrole nitrogens is 1. The molecule has 0 aromatic carbocycles. The second-order valence-corrected chi connectivity index (χ2v) is 4.67. The molecule has 6 nitrogen and oxygen atoms in total. The zero-order valence-electron chi connectivity index (χ0n) is 12.7. The minimum atomic E-state index is -3.46. The van der Waals surface area contributed by atoms with Gasteiger partial charge >= 0.3 is 11.7 Å². The molecule has 0 spiro atoms. The van der Waals surface area contributed by atoms with Crippen molar-refractivity contribution >= 4 is 5.97 Å². The molecule has 0 saturated carbocycles. The van der Waals surface area contributed by atoms with Gasteiger partial charge in [0.1, 0.15) is 6.54 Å². The average Bonchev–Trinajstić information content (AvgIpc) is 2.46. The van der Waals surface area contributed by atoms with E-state index >= 15 is 0 Å². The third-order valence-corrected chi connectivity index (χ3v) is 2.99. The number of ether oxygens (including phenoxy) is 1. The number of hydrogen-bond acceptors (Lipinski definition) is 4. The zero-order valence-corrected chi connectivity index (χ0v) is 12.7. The highest BCUT2D eigenvalue weighted by Gasteiger charge is 2.35. The third kappa shape index (κ3) is 4.24. The van der Waals surface area contributed by atoms with Gasteiger partial charge in [-0.1, -0.05) is 12.2 Å². The van der Waals surface area contributed by atoms with Crippen molar-refractivity contribution in [3.05, 3.63) is 57.4 Å². The number of halogens is 2. The molecule has 1 aromatic rings. The lowest BCUT2D eigenvalue weighted by Gasteiger charge is -2.18. The molecule has 0 saturated heterocycles. The SMILES string of the molecule is C=CCc1c(C(F)(F)CC=C)[nH]c(=O)n(CC(=O)OCC)c1=O. The van der Waals surface area contributed by atoms with Gasteiger partial charge in [0.25, 0.3) is 11.5 Å². The number of hydrogen-bond donors (Lipinski definition) is 1. The van der Waals surface area contributed by atoms with Crippen LogP contribution in [0.25, 0.3) is 0 Å². The summed E-state index contributed by atoms with van der Waals surface area (Å²) in [5.74, 6) is -4.27. The Balaban J connectivity index is 3.51. The summed E-state index contributed by atoms with van der Waals surface area (Å²) in [5, 5.41) is 0. The highest BCUT2D eigenvalue weighted by Crippen LogP contribution is 2.31. The first-order valence-corrected chi connectivity index (χ1v) is 6.90. The van der Waals surface area contributed by atoms with Crippen LogP contribution in [0.2, 0.25) is 0 Å². The Morgan fingerprint density at radius 1 is 1.35 bits per heavy atom. The van der Waals surface area contributed by atoms with E-state index in [1.807, 2.05) is 4.98 Å². The van der Waals surface area contributed by atoms with Crippen LogP contribution in [0.4, 0.5) is 8.78 Å². The van der Waals surface area contributed by atoms with Crippen LogP contribution < -0.4 is 11.2 Å². The summed E-state index contributed by atoms with van der Waals surface area (Å²) in [5.41, 5.74) is -3.18. The lowest BCUT2D eigenvalue weighted by Crippen LogP contribution is -2.42. The second-order valence-electron chi connectivity index (χ2n) is 4.67. The topological polar surface area (TPSA) is 81.2 Å². The van der Waals surface area contributed by atoms with E-state index in [2.05, 4.69) is 17.9 Å². The zero-order chi connectivity index (χ0) is 17.6. The van der Waals surface area contributed by atoms with Gasteiger partial charge in [-0.15, -0.1) is 13.2 Å². The number of aromatic amines is 1. The molecule has 1 N–H and O–H groups in total. The molecule has 0 aliphatic rings. The molecule has 0 unspecified atom stereocenters. The Morgan fingerprint density at radius 3 is 2.52 bits per heavy atom. The van der Waals surface area contributed by atoms with Crippen molar-refractivity contribution in [3.8, 4) is 0 Å². The first-order valence-electron chi connectivity index (χ1n) is 6.90. The van der Waals surface area contributed by atoms with Crippen LogP contribution in [0.5, 0.6) is 0 Å². The van der Waals surface area contributed by atoms with Crippen molar-refractivity contribution in [2.24, 2.45) is 0 Å². The van der Waals surface area contributed by atoms with Gasteiger partial charge in [-0.25, -0.2) is 9.36 Å². The molecule has 8 heteroatoms. The molecule has 23 heavy (non-hydrogen) atoms. The van der Waals surface area contributed by atoms with E-state index in [4.69, 9.17) is 0 Å². The quantitative estimate of drug-likeness (QED) is 0.579. The summed E-state index contributed by atoms with van der Waals surface area (Å²) in [6, 6.07) is 0. The summed E-state index contributed by atoms with van der Waals surface area (Å²) < 4.78 is 33.4. The van der Waals surface area contributed by atoms with Gasteiger partial charge in [-0.2, -0.15) is 8.78 Å². The fourth-order valence-electron chi connectivity index (χ4n) is 2.02. The normalized spacial score (nSPS) is 11.1. The minimum Gasteiger partial charge on any atom is -0.465 e. The minimum absolute atomic E-state index is 0.0699. The Morgan fingerprint density at radius 2 is 2.00 bits per heavy atom. The molecular formula is C15H18F2N2O4. The Labute approximate surface area is 131 Å². The smallest absolute Gasteiger partial charge is 0.329 e. The van der Waals surface area contributed by atoms with Crippen molar-refractivity contribution < 1.29 is 18.3 Å². The molecule has 1 heterocycles. The molecule has 0 amide bonds. The van der Waals surface area contributed by atoms with Gasteiger partial charge in [0.2, 0.25) is 0 Å². The standard InChI is InChI=1S/C15H18F2N2O4/c1-4-7-10-12(15(16,17)8-5-2)18-14(22)19(13(10)21)9-11(20)23-6-3/h4-5H,1-2,6-9H2,3H3,(H,18,22). The fourth-order valence-corrected chi connectivity index (χ4v) is 2.02. The second kappa shape index (κ2) is 7.66. The maximum atomic E-state index is 14.1. The summed E-state index contributed by atoms with van der Waals surface area (Å²) in [6.07, 6.45) is 1.33. The van der Waals surface area contributed by atoms with Crippen LogP contribution in [-0.4, -0.2) is 22.1 Å². The first kappa shape index (κ1) is 18.5. The lowest BCUT2D eigenvalue weighted by molar-refractivity contribution is -0.143. The number of alkyl halides is 2. The molecule has 1 rings (SSSR count). The van der Waals surface area contributed by atoms with E-state index in [1.54, 1.807) is 6.92 Å². The number of nitrogens with one attached hydrogen (secondary N) is 1. The molecule has 0 aliphatic heterocycles. The van der Waals surface area contributed by atoms with Crippen LogP contribution in [0.3, 0.4) is 0 Å². The number of esters is 1. The molecular weight excluding hydrogens is 310 g/mol. The van der Waals surface area contributed by atoms with Gasteiger partial charge in [0, 0.05) is 12.0 Å². The summed E-state index contributed by atoms with van der Waals surface area (Å²) in [6.45, 7) is 7.62. The van der Waals surface area contributed by atoms with Crippen molar-refractivity contribution in [2.75, 3.05) is 6.61 Å². The fraction of sp³-hybridized carbons (Fsp3) is 0.400. The van der Waals surface area contributed by atoms with Gasteiger partial charge in [-0.05, 0) is 13.3 Å². The molecule has 1 aromatic heterocycles. The van der Waals surface area contributed by atoms with E-state index in [9.17, 15) is 23.2 Å². The molecule has 0 atom stereocenters. The van der Waals surface area contributed by atoms with Crippen LogP contribution in [0, 0.1) is 0 Å². The van der Waals surface area contributed by atoms with Crippen molar-refractivity contribution in [2.45, 2.75) is 32.2 Å². The molecule has 0 aliphatic carbocycles. The number of rotatable bonds is 8. The van der Waals surface area contributed by atoms with E-state index in [0.29, 0.717) is 4.57 Å². The Bertz CT molecular complexity index is 719. The van der Waals surface area contributed by atoms with Crippen molar-refractivity contribution in [1.82, 2.24) is 9.55 Å². The molecule has 126 valence electrons. The van der Waals surface area contributed by atoms with E-state index in [1.165, 1.54) is 6.08 Å². The van der Waals surface area contributed by atoms with Crippen molar-refractivity contribution in [1.29, 1.82) is 0 Å². The van der Waals surface area contributed by atoms with Gasteiger partial charge in [0.05, 0.1) is 12.3 Å². The number of carbonyl (C=O) groups is 1. The number of carbonyl (C=O) groups excluding carboxylic acids is 1. The maximum Gasteiger partial charge on any atom is 0.329 e. The summed E-state index contributed by atoms with van der Waals surface area (Å²) in [4.78, 5) is 37.7. The molecule has 0 fully saturated rings. The third-order valence-electron chi connectivity index (χ3n) is 2.99. The van der Waals surface area contributed by atoms with Gasteiger partial charge < -0.3 is 9.72 Å². The van der Waals surface area contributed by atoms with E-state index in [-0.39, 0.29) is 18.6 Å². The van der Waals surface area contributed by atoms with Crippen LogP contribution in [-0.2, 0) is 28.4 Å². The number of allylic oxidation sites excluding steroid dienone is 2. The maximum absolute atomic E-state index is 14.1. The predicted octanol–water partition coefficient (Wildman–Crippen LogP) is 1.50. The number of aromatic nitrogens is 2. The Hall–Kier alpha value is -2.51. The average molecular weight is 328 g/mol. The first-order chi connectivity index (χ1) is 10.8. The largest absolute Gasteiger partial charge is 0.465 e. The Kier molecular flexibility index (Phi) is 6.18. The van der Waals surface area contributed by atoms with Gasteiger partial charge in [-0.3, -0.25) is 9.59 Å². The molecule has 0 bridgehead atoms. The lowest BCUT2D eigenvalue weighted by atomic mass is 10.0. The van der Waals surface area contributed by atoms with Crippen molar-refractivity contribution in [3.63, 3.8) is 0 Å². The summed E-state index contributed by atoms with van der Waals surface area (Å²) >= 11 is 0. The van der Waals surface area contributed by atoms with Crippen LogP contribution in [0.15, 0.2) is 34.9 Å². The monoisotopic (exact) mass is 328 g/mol. The van der Waals surface area contributed by atoms with Gasteiger partial charge in [0.15, 0.2) is 0 Å². The van der Waals surface area contributed by atoms with Crippen LogP contribution >= 0.6 is 0 Å². The predicted molar refractivity (Wildman–Crippen MR) is 80.6 cm³/mol.